The molecule has 1 aliphatic heterocycles. The summed E-state index contributed by atoms with van der Waals surface area (Å²) in [6.07, 6.45) is -0.651. The third kappa shape index (κ3) is 9.34. The van der Waals surface area contributed by atoms with Crippen molar-refractivity contribution in [3.8, 4) is 5.75 Å². The number of likely N-dealkylation sites (tertiary alicyclic amines) is 1. The van der Waals surface area contributed by atoms with E-state index in [0.717, 1.165) is 66.7 Å². The summed E-state index contributed by atoms with van der Waals surface area (Å²) in [5, 5.41) is 7.88. The Morgan fingerprint density at radius 3 is 2.38 bits per heavy atom. The lowest BCUT2D eigenvalue weighted by molar-refractivity contribution is -0.192. The minimum Gasteiger partial charge on any atom is -0.489 e. The van der Waals surface area contributed by atoms with Crippen molar-refractivity contribution in [1.82, 2.24) is 9.62 Å². The van der Waals surface area contributed by atoms with Gasteiger partial charge in [0.2, 0.25) is 10.0 Å². The molecular formula is C26H29ClF4N2O6S. The lowest BCUT2D eigenvalue weighted by atomic mass is 10.0. The molecule has 2 aromatic carbocycles. The van der Waals surface area contributed by atoms with Gasteiger partial charge in [0.1, 0.15) is 17.7 Å². The number of sulfonamides is 1. The minimum absolute atomic E-state index is 0.104. The van der Waals surface area contributed by atoms with Crippen LogP contribution >= 0.6 is 11.6 Å². The zero-order valence-corrected chi connectivity index (χ0v) is 23.3. The average molecular weight is 609 g/mol. The van der Waals surface area contributed by atoms with E-state index in [9.17, 15) is 30.8 Å². The van der Waals surface area contributed by atoms with Crippen LogP contribution in [0.3, 0.4) is 0 Å². The molecule has 14 heteroatoms. The monoisotopic (exact) mass is 608 g/mol. The highest BCUT2D eigenvalue weighted by Gasteiger charge is 2.38. The summed E-state index contributed by atoms with van der Waals surface area (Å²) in [6.45, 7) is 4.38. The van der Waals surface area contributed by atoms with E-state index in [2.05, 4.69) is 11.0 Å². The molecule has 0 spiro atoms. The number of alkyl halides is 3. The predicted octanol–water partition coefficient (Wildman–Crippen LogP) is 5.03. The van der Waals surface area contributed by atoms with Crippen molar-refractivity contribution >= 4 is 33.5 Å². The first-order valence-corrected chi connectivity index (χ1v) is 14.6. The second-order valence-corrected chi connectivity index (χ2v) is 12.0. The zero-order valence-electron chi connectivity index (χ0n) is 21.7. The third-order valence-electron chi connectivity index (χ3n) is 6.28. The number of piperidine rings is 1. The van der Waals surface area contributed by atoms with Gasteiger partial charge in [-0.3, -0.25) is 9.69 Å². The van der Waals surface area contributed by atoms with Crippen LogP contribution in [0.15, 0.2) is 30.3 Å². The maximum atomic E-state index is 14.8. The van der Waals surface area contributed by atoms with Gasteiger partial charge in [-0.25, -0.2) is 22.3 Å². The molecule has 8 nitrogen and oxygen atoms in total. The van der Waals surface area contributed by atoms with E-state index in [-0.39, 0.29) is 17.6 Å². The van der Waals surface area contributed by atoms with E-state index in [1.54, 1.807) is 0 Å². The number of amides is 1. The van der Waals surface area contributed by atoms with Crippen molar-refractivity contribution in [1.29, 1.82) is 0 Å². The highest BCUT2D eigenvalue weighted by Crippen LogP contribution is 2.45. The van der Waals surface area contributed by atoms with Crippen LogP contribution in [-0.4, -0.2) is 61.9 Å². The number of benzene rings is 2. The van der Waals surface area contributed by atoms with Gasteiger partial charge in [-0.1, -0.05) is 23.7 Å². The molecule has 1 saturated carbocycles. The van der Waals surface area contributed by atoms with Crippen molar-refractivity contribution in [2.45, 2.75) is 57.3 Å². The maximum absolute atomic E-state index is 14.8. The van der Waals surface area contributed by atoms with E-state index in [0.29, 0.717) is 12.3 Å². The largest absolute Gasteiger partial charge is 0.490 e. The number of aryl methyl sites for hydroxylation is 1. The molecule has 220 valence electrons. The summed E-state index contributed by atoms with van der Waals surface area (Å²) < 4.78 is 77.4. The molecule has 2 aromatic rings. The number of carbonyl (C=O) groups is 2. The van der Waals surface area contributed by atoms with E-state index in [4.69, 9.17) is 26.2 Å². The number of carboxylic acid groups (broad SMARTS) is 1. The molecule has 2 aliphatic rings. The number of nitrogens with one attached hydrogen (secondary N) is 1. The van der Waals surface area contributed by atoms with Gasteiger partial charge >= 0.3 is 12.1 Å². The maximum Gasteiger partial charge on any atom is 0.490 e. The highest BCUT2D eigenvalue weighted by atomic mass is 35.5. The van der Waals surface area contributed by atoms with Gasteiger partial charge in [-0.15, -0.1) is 0 Å². The van der Waals surface area contributed by atoms with Crippen LogP contribution in [0.25, 0.3) is 0 Å². The van der Waals surface area contributed by atoms with E-state index < -0.39 is 33.9 Å². The first-order valence-electron chi connectivity index (χ1n) is 12.3. The molecule has 1 saturated heterocycles. The Morgan fingerprint density at radius 1 is 1.18 bits per heavy atom. The number of hydrogen-bond acceptors (Lipinski definition) is 6. The molecular weight excluding hydrogens is 580 g/mol. The molecule has 1 amide bonds. The standard InChI is InChI=1S/C24H28ClFN2O4S.C2HF3O2/c1-15-5-6-16(10-21(15)25)13-28-9-3-4-18(14-28)32-23-12-22(26)20(11-19(23)17-7-8-17)24(29)27-33(2,30)31;3-2(4,5)1(6)7/h5-6,10-12,17-18H,3-4,7-9,13-14H2,1-2H3,(H,27,29);(H,6,7). The lowest BCUT2D eigenvalue weighted by Crippen LogP contribution is -2.40. The summed E-state index contributed by atoms with van der Waals surface area (Å²) in [6, 6.07) is 8.75. The quantitative estimate of drug-likeness (QED) is 0.424. The van der Waals surface area contributed by atoms with Crippen LogP contribution in [0, 0.1) is 12.7 Å². The number of aliphatic carboxylic acids is 1. The highest BCUT2D eigenvalue weighted by molar-refractivity contribution is 7.89. The van der Waals surface area contributed by atoms with Gasteiger partial charge in [0.05, 0.1) is 11.8 Å². The Kier molecular flexibility index (Phi) is 10.1. The summed E-state index contributed by atoms with van der Waals surface area (Å²) in [5.74, 6) is -3.88. The van der Waals surface area contributed by atoms with Gasteiger partial charge < -0.3 is 9.84 Å². The van der Waals surface area contributed by atoms with Crippen molar-refractivity contribution in [2.24, 2.45) is 0 Å². The molecule has 0 bridgehead atoms. The topological polar surface area (TPSA) is 113 Å². The molecule has 0 aromatic heterocycles. The first kappa shape index (κ1) is 31.6. The molecule has 1 heterocycles. The van der Waals surface area contributed by atoms with Gasteiger partial charge in [-0.2, -0.15) is 13.2 Å². The summed E-state index contributed by atoms with van der Waals surface area (Å²) in [4.78, 5) is 23.4. The van der Waals surface area contributed by atoms with E-state index >= 15 is 0 Å². The summed E-state index contributed by atoms with van der Waals surface area (Å²) in [5.41, 5.74) is 2.66. The first-order chi connectivity index (χ1) is 18.5. The van der Waals surface area contributed by atoms with Gasteiger partial charge in [0.15, 0.2) is 0 Å². The molecule has 2 fully saturated rings. The predicted molar refractivity (Wildman–Crippen MR) is 139 cm³/mol. The average Bonchev–Trinajstić information content (AvgIpc) is 3.66. The summed E-state index contributed by atoms with van der Waals surface area (Å²) in [7, 11) is -3.79. The van der Waals surface area contributed by atoms with Crippen LogP contribution in [0.5, 0.6) is 5.75 Å². The Bertz CT molecular complexity index is 1370. The van der Waals surface area contributed by atoms with Gasteiger partial charge in [0, 0.05) is 24.2 Å². The molecule has 2 N–H and O–H groups in total. The molecule has 40 heavy (non-hydrogen) atoms. The lowest BCUT2D eigenvalue weighted by Gasteiger charge is -2.33. The second-order valence-electron chi connectivity index (χ2n) is 9.85. The van der Waals surface area contributed by atoms with Gasteiger partial charge in [-0.05, 0) is 73.9 Å². The number of carbonyl (C=O) groups excluding carboxylic acids is 1. The number of ether oxygens (including phenoxy) is 1. The van der Waals surface area contributed by atoms with Gasteiger partial charge in [0.25, 0.3) is 5.91 Å². The van der Waals surface area contributed by atoms with Crippen LogP contribution in [0.4, 0.5) is 17.6 Å². The van der Waals surface area contributed by atoms with Crippen molar-refractivity contribution in [2.75, 3.05) is 19.3 Å². The van der Waals surface area contributed by atoms with Crippen molar-refractivity contribution < 1.29 is 45.4 Å². The molecule has 4 rings (SSSR count). The number of halogens is 5. The normalized spacial score (nSPS) is 17.9. The number of hydrogen-bond donors (Lipinski definition) is 2. The third-order valence-corrected chi connectivity index (χ3v) is 7.24. The number of carboxylic acids is 1. The Morgan fingerprint density at radius 2 is 1.82 bits per heavy atom. The van der Waals surface area contributed by atoms with Crippen LogP contribution in [0.1, 0.15) is 58.6 Å². The van der Waals surface area contributed by atoms with Crippen molar-refractivity contribution in [3.63, 3.8) is 0 Å². The van der Waals surface area contributed by atoms with E-state index in [1.807, 2.05) is 23.8 Å². The molecule has 1 aliphatic carbocycles. The zero-order chi connectivity index (χ0) is 29.8. The van der Waals surface area contributed by atoms with Crippen LogP contribution in [-0.2, 0) is 21.4 Å². The SMILES string of the molecule is Cc1ccc(CN2CCCC(Oc3cc(F)c(C(=O)NS(C)(=O)=O)cc3C3CC3)C2)cc1Cl.O=C(O)C(F)(F)F. The molecule has 1 unspecified atom stereocenters. The second kappa shape index (κ2) is 12.7. The smallest absolute Gasteiger partial charge is 0.489 e. The van der Waals surface area contributed by atoms with Crippen LogP contribution < -0.4 is 9.46 Å². The van der Waals surface area contributed by atoms with E-state index in [1.165, 1.54) is 12.1 Å². The minimum atomic E-state index is -5.08. The Labute approximate surface area is 234 Å². The fraction of sp³-hybridized carbons (Fsp3) is 0.462. The molecule has 0 radical (unpaired) electrons. The fourth-order valence-corrected chi connectivity index (χ4v) is 4.86. The van der Waals surface area contributed by atoms with Crippen molar-refractivity contribution in [3.05, 3.63) is 63.4 Å². The molecule has 1 atom stereocenters. The fourth-order valence-electron chi connectivity index (χ4n) is 4.21. The Hall–Kier alpha value is -2.90. The summed E-state index contributed by atoms with van der Waals surface area (Å²) >= 11 is 6.27. The number of nitrogens with zero attached hydrogens (tertiary/aromatic N) is 1. The van der Waals surface area contributed by atoms with Crippen LogP contribution in [0.2, 0.25) is 5.02 Å². The number of rotatable bonds is 7. The Balaban J connectivity index is 0.000000559.